The Bertz CT molecular complexity index is 444. The molecule has 1 aromatic heterocycles. The van der Waals surface area contributed by atoms with Crippen LogP contribution in [0.1, 0.15) is 32.2 Å². The molecule has 0 spiro atoms. The molecule has 118 valence electrons. The number of hydrogen-bond acceptors (Lipinski definition) is 4. The maximum atomic E-state index is 4.79. The average Bonchev–Trinajstić information content (AvgIpc) is 2.78. The third-order valence-electron chi connectivity index (χ3n) is 4.25. The molecule has 1 aromatic rings. The first-order valence-corrected chi connectivity index (χ1v) is 8.02. The smallest absolute Gasteiger partial charge is 0.0547 e. The van der Waals surface area contributed by atoms with Gasteiger partial charge in [-0.2, -0.15) is 0 Å². The molecule has 1 aliphatic heterocycles. The molecule has 0 aromatic carbocycles. The highest BCUT2D eigenvalue weighted by atomic mass is 15.2. The van der Waals surface area contributed by atoms with Gasteiger partial charge in [0.15, 0.2) is 0 Å². The van der Waals surface area contributed by atoms with Crippen molar-refractivity contribution >= 4 is 0 Å². The molecule has 0 saturated carbocycles. The fourth-order valence-corrected chi connectivity index (χ4v) is 3.10. The van der Waals surface area contributed by atoms with E-state index >= 15 is 0 Å². The van der Waals surface area contributed by atoms with Crippen molar-refractivity contribution in [1.29, 1.82) is 0 Å². The first-order valence-electron chi connectivity index (χ1n) is 8.02. The molecule has 0 amide bonds. The average molecular weight is 290 g/mol. The van der Waals surface area contributed by atoms with Crippen molar-refractivity contribution in [3.8, 4) is 0 Å². The van der Waals surface area contributed by atoms with E-state index in [9.17, 15) is 0 Å². The topological polar surface area (TPSA) is 31.4 Å². The van der Waals surface area contributed by atoms with E-state index in [1.54, 1.807) is 0 Å². The zero-order valence-corrected chi connectivity index (χ0v) is 14.1. The summed E-state index contributed by atoms with van der Waals surface area (Å²) in [4.78, 5) is 9.66. The van der Waals surface area contributed by atoms with Gasteiger partial charge in [-0.3, -0.25) is 9.88 Å². The molecule has 2 heterocycles. The molecule has 0 aliphatic carbocycles. The van der Waals surface area contributed by atoms with Gasteiger partial charge in [0.05, 0.1) is 11.4 Å². The standard InChI is InChI=1S/C17H30N4/c1-13(2)18-9-15-7-6-8-16(19-15)11-21-10-14(3)17(12-21)20(4)5/h6-8,13-14,17-18H,9-12H2,1-5H3. The summed E-state index contributed by atoms with van der Waals surface area (Å²) in [5, 5.41) is 3.43. The summed E-state index contributed by atoms with van der Waals surface area (Å²) in [5.74, 6) is 0.728. The second kappa shape index (κ2) is 7.34. The Kier molecular flexibility index (Phi) is 5.73. The SMILES string of the molecule is CC(C)NCc1cccc(CN2CC(C)C(N(C)C)C2)n1. The van der Waals surface area contributed by atoms with Crippen molar-refractivity contribution in [2.24, 2.45) is 5.92 Å². The molecule has 21 heavy (non-hydrogen) atoms. The van der Waals surface area contributed by atoms with Crippen molar-refractivity contribution in [3.05, 3.63) is 29.6 Å². The number of pyridine rings is 1. The van der Waals surface area contributed by atoms with E-state index in [-0.39, 0.29) is 0 Å². The molecule has 1 fully saturated rings. The van der Waals surface area contributed by atoms with Gasteiger partial charge >= 0.3 is 0 Å². The lowest BCUT2D eigenvalue weighted by atomic mass is 10.1. The normalized spacial score (nSPS) is 23.4. The highest BCUT2D eigenvalue weighted by Crippen LogP contribution is 2.21. The van der Waals surface area contributed by atoms with E-state index in [4.69, 9.17) is 4.98 Å². The van der Waals surface area contributed by atoms with Gasteiger partial charge in [0.25, 0.3) is 0 Å². The Hall–Kier alpha value is -0.970. The van der Waals surface area contributed by atoms with Crippen molar-refractivity contribution in [3.63, 3.8) is 0 Å². The number of nitrogens with zero attached hydrogens (tertiary/aromatic N) is 3. The van der Waals surface area contributed by atoms with Gasteiger partial charge in [0.1, 0.15) is 0 Å². The highest BCUT2D eigenvalue weighted by molar-refractivity contribution is 5.11. The van der Waals surface area contributed by atoms with Gasteiger partial charge in [-0.1, -0.05) is 26.8 Å². The Morgan fingerprint density at radius 3 is 2.62 bits per heavy atom. The van der Waals surface area contributed by atoms with Crippen LogP contribution in [0.15, 0.2) is 18.2 Å². The Labute approximate surface area is 129 Å². The minimum Gasteiger partial charge on any atom is -0.309 e. The highest BCUT2D eigenvalue weighted by Gasteiger charge is 2.30. The molecule has 1 aliphatic rings. The predicted molar refractivity (Wildman–Crippen MR) is 88.1 cm³/mol. The molecule has 2 unspecified atom stereocenters. The van der Waals surface area contributed by atoms with E-state index in [2.05, 4.69) is 68.2 Å². The van der Waals surface area contributed by atoms with Crippen LogP contribution in [-0.2, 0) is 13.1 Å². The maximum Gasteiger partial charge on any atom is 0.0547 e. The second-order valence-electron chi connectivity index (χ2n) is 6.86. The Morgan fingerprint density at radius 1 is 1.29 bits per heavy atom. The molecule has 1 saturated heterocycles. The number of likely N-dealkylation sites (tertiary alicyclic amines) is 1. The molecule has 2 rings (SSSR count). The summed E-state index contributed by atoms with van der Waals surface area (Å²) in [7, 11) is 4.36. The van der Waals surface area contributed by atoms with Gasteiger partial charge in [-0.05, 0) is 32.1 Å². The van der Waals surface area contributed by atoms with E-state index in [0.29, 0.717) is 12.1 Å². The van der Waals surface area contributed by atoms with Crippen LogP contribution in [-0.4, -0.2) is 54.1 Å². The summed E-state index contributed by atoms with van der Waals surface area (Å²) in [6.45, 7) is 10.8. The fourth-order valence-electron chi connectivity index (χ4n) is 3.10. The van der Waals surface area contributed by atoms with Gasteiger partial charge in [0, 0.05) is 38.3 Å². The number of hydrogen-bond donors (Lipinski definition) is 1. The monoisotopic (exact) mass is 290 g/mol. The van der Waals surface area contributed by atoms with Gasteiger partial charge in [-0.25, -0.2) is 0 Å². The van der Waals surface area contributed by atoms with Crippen LogP contribution in [0.4, 0.5) is 0 Å². The Morgan fingerprint density at radius 2 is 2.00 bits per heavy atom. The Balaban J connectivity index is 1.93. The minimum absolute atomic E-state index is 0.496. The molecule has 0 bridgehead atoms. The molecule has 4 nitrogen and oxygen atoms in total. The summed E-state index contributed by atoms with van der Waals surface area (Å²) in [6, 6.07) is 7.54. The lowest BCUT2D eigenvalue weighted by molar-refractivity contribution is 0.249. The predicted octanol–water partition coefficient (Wildman–Crippen LogP) is 1.96. The quantitative estimate of drug-likeness (QED) is 0.868. The third kappa shape index (κ3) is 4.77. The first-order chi connectivity index (χ1) is 9.95. The van der Waals surface area contributed by atoms with Gasteiger partial charge < -0.3 is 10.2 Å². The van der Waals surface area contributed by atoms with Crippen molar-refractivity contribution in [2.45, 2.75) is 45.9 Å². The summed E-state index contributed by atoms with van der Waals surface area (Å²) in [5.41, 5.74) is 2.32. The van der Waals surface area contributed by atoms with Crippen LogP contribution in [0.3, 0.4) is 0 Å². The number of likely N-dealkylation sites (N-methyl/N-ethyl adjacent to an activating group) is 1. The van der Waals surface area contributed by atoms with Crippen LogP contribution >= 0.6 is 0 Å². The van der Waals surface area contributed by atoms with Crippen LogP contribution in [0.25, 0.3) is 0 Å². The number of rotatable bonds is 6. The summed E-state index contributed by atoms with van der Waals surface area (Å²) < 4.78 is 0. The zero-order valence-electron chi connectivity index (χ0n) is 14.1. The largest absolute Gasteiger partial charge is 0.309 e. The molecule has 1 N–H and O–H groups in total. The zero-order chi connectivity index (χ0) is 15.4. The molecular weight excluding hydrogens is 260 g/mol. The van der Waals surface area contributed by atoms with E-state index in [0.717, 1.165) is 31.2 Å². The van der Waals surface area contributed by atoms with E-state index in [1.807, 2.05) is 0 Å². The fraction of sp³-hybridized carbons (Fsp3) is 0.706. The summed E-state index contributed by atoms with van der Waals surface area (Å²) >= 11 is 0. The number of nitrogens with one attached hydrogen (secondary N) is 1. The van der Waals surface area contributed by atoms with E-state index < -0.39 is 0 Å². The third-order valence-corrected chi connectivity index (χ3v) is 4.25. The van der Waals surface area contributed by atoms with E-state index in [1.165, 1.54) is 12.2 Å². The molecule has 2 atom stereocenters. The van der Waals surface area contributed by atoms with Crippen LogP contribution in [0.5, 0.6) is 0 Å². The molecule has 4 heteroatoms. The lowest BCUT2D eigenvalue weighted by Crippen LogP contribution is -2.34. The lowest BCUT2D eigenvalue weighted by Gasteiger charge is -2.22. The van der Waals surface area contributed by atoms with Crippen molar-refractivity contribution < 1.29 is 0 Å². The van der Waals surface area contributed by atoms with Crippen LogP contribution in [0.2, 0.25) is 0 Å². The second-order valence-corrected chi connectivity index (χ2v) is 6.86. The van der Waals surface area contributed by atoms with Gasteiger partial charge in [0.2, 0.25) is 0 Å². The number of aromatic nitrogens is 1. The molecular formula is C17H30N4. The molecule has 0 radical (unpaired) electrons. The minimum atomic E-state index is 0.496. The maximum absolute atomic E-state index is 4.79. The van der Waals surface area contributed by atoms with Crippen LogP contribution in [0, 0.1) is 5.92 Å². The van der Waals surface area contributed by atoms with Crippen molar-refractivity contribution in [1.82, 2.24) is 20.1 Å². The summed E-state index contributed by atoms with van der Waals surface area (Å²) in [6.07, 6.45) is 0. The van der Waals surface area contributed by atoms with Crippen molar-refractivity contribution in [2.75, 3.05) is 27.2 Å². The van der Waals surface area contributed by atoms with Crippen LogP contribution < -0.4 is 5.32 Å². The van der Waals surface area contributed by atoms with Gasteiger partial charge in [-0.15, -0.1) is 0 Å². The first kappa shape index (κ1) is 16.4.